The van der Waals surface area contributed by atoms with Crippen molar-refractivity contribution in [2.24, 2.45) is 0 Å². The molecule has 2 heterocycles. The Balaban J connectivity index is 1.84. The Kier molecular flexibility index (Phi) is 4.66. The second-order valence-corrected chi connectivity index (χ2v) is 7.36. The summed E-state index contributed by atoms with van der Waals surface area (Å²) in [6, 6.07) is 6.77. The number of carbonyl (C=O) groups is 1. The zero-order valence-electron chi connectivity index (χ0n) is 15.6. The smallest absolute Gasteiger partial charge is 0.357 e. The van der Waals surface area contributed by atoms with E-state index in [1.807, 2.05) is 13.8 Å². The van der Waals surface area contributed by atoms with E-state index in [1.54, 1.807) is 6.20 Å². The molecule has 4 nitrogen and oxygen atoms in total. The SMILES string of the molecule is CCOC(=O)c1ncc2[nH]c3ccc(C4CCCCCC4)cc3c2c1C. The first-order chi connectivity index (χ1) is 12.7. The number of aryl methyl sites for hydroxylation is 1. The zero-order valence-corrected chi connectivity index (χ0v) is 15.6. The molecule has 1 N–H and O–H groups in total. The third kappa shape index (κ3) is 2.98. The van der Waals surface area contributed by atoms with E-state index < -0.39 is 0 Å². The molecule has 26 heavy (non-hydrogen) atoms. The van der Waals surface area contributed by atoms with E-state index in [1.165, 1.54) is 49.5 Å². The monoisotopic (exact) mass is 350 g/mol. The number of nitrogens with one attached hydrogen (secondary N) is 1. The Bertz CT molecular complexity index is 950. The van der Waals surface area contributed by atoms with Crippen molar-refractivity contribution in [1.82, 2.24) is 9.97 Å². The molecule has 1 aliphatic rings. The maximum atomic E-state index is 12.2. The highest BCUT2D eigenvalue weighted by Crippen LogP contribution is 2.36. The third-order valence-electron chi connectivity index (χ3n) is 5.70. The summed E-state index contributed by atoms with van der Waals surface area (Å²) in [5.74, 6) is 0.305. The average Bonchev–Trinajstić information content (AvgIpc) is 2.81. The van der Waals surface area contributed by atoms with Crippen LogP contribution in [0.15, 0.2) is 24.4 Å². The second-order valence-electron chi connectivity index (χ2n) is 7.36. The molecule has 4 heteroatoms. The quantitative estimate of drug-likeness (QED) is 0.491. The van der Waals surface area contributed by atoms with Crippen LogP contribution in [0.4, 0.5) is 0 Å². The maximum absolute atomic E-state index is 12.2. The van der Waals surface area contributed by atoms with Gasteiger partial charge >= 0.3 is 5.97 Å². The van der Waals surface area contributed by atoms with Crippen molar-refractivity contribution < 1.29 is 9.53 Å². The number of nitrogens with zero attached hydrogens (tertiary/aromatic N) is 1. The number of aromatic nitrogens is 2. The highest BCUT2D eigenvalue weighted by molar-refractivity contribution is 6.11. The lowest BCUT2D eigenvalue weighted by Crippen LogP contribution is -2.09. The lowest BCUT2D eigenvalue weighted by molar-refractivity contribution is 0.0519. The van der Waals surface area contributed by atoms with Gasteiger partial charge in [0.1, 0.15) is 0 Å². The minimum Gasteiger partial charge on any atom is -0.461 e. The first-order valence-corrected chi connectivity index (χ1v) is 9.77. The van der Waals surface area contributed by atoms with Gasteiger partial charge < -0.3 is 9.72 Å². The van der Waals surface area contributed by atoms with Crippen LogP contribution in [0.5, 0.6) is 0 Å². The summed E-state index contributed by atoms with van der Waals surface area (Å²) >= 11 is 0. The minimum absolute atomic E-state index is 0.346. The Morgan fingerprint density at radius 1 is 1.19 bits per heavy atom. The molecule has 0 amide bonds. The van der Waals surface area contributed by atoms with Crippen LogP contribution in [-0.2, 0) is 4.74 Å². The number of hydrogen-bond donors (Lipinski definition) is 1. The molecule has 0 unspecified atom stereocenters. The molecule has 1 aliphatic carbocycles. The normalized spacial score (nSPS) is 16.1. The molecule has 0 aliphatic heterocycles. The van der Waals surface area contributed by atoms with E-state index in [0.29, 0.717) is 18.2 Å². The van der Waals surface area contributed by atoms with Gasteiger partial charge in [-0.1, -0.05) is 31.7 Å². The van der Waals surface area contributed by atoms with Crippen molar-refractivity contribution in [2.75, 3.05) is 6.61 Å². The minimum atomic E-state index is -0.346. The van der Waals surface area contributed by atoms with E-state index in [9.17, 15) is 4.79 Å². The van der Waals surface area contributed by atoms with Gasteiger partial charge in [-0.05, 0) is 55.9 Å². The van der Waals surface area contributed by atoms with E-state index >= 15 is 0 Å². The Labute approximate surface area is 154 Å². The molecule has 3 aromatic rings. The molecule has 136 valence electrons. The number of esters is 1. The standard InChI is InChI=1S/C22H26N2O2/c1-3-26-22(25)21-14(2)20-17-12-16(15-8-6-4-5-7-9-15)10-11-18(17)24-19(20)13-23-21/h10-13,15,24H,3-9H2,1-2H3. The predicted octanol–water partition coefficient (Wildman–Crippen LogP) is 5.64. The number of benzene rings is 1. The lowest BCUT2D eigenvalue weighted by atomic mass is 9.90. The summed E-state index contributed by atoms with van der Waals surface area (Å²) in [6.45, 7) is 4.14. The van der Waals surface area contributed by atoms with Gasteiger partial charge in [0.05, 0.1) is 18.3 Å². The number of hydrogen-bond acceptors (Lipinski definition) is 3. The van der Waals surface area contributed by atoms with Crippen LogP contribution in [0.1, 0.15) is 73.0 Å². The zero-order chi connectivity index (χ0) is 18.1. The van der Waals surface area contributed by atoms with E-state index in [4.69, 9.17) is 4.74 Å². The van der Waals surface area contributed by atoms with Crippen LogP contribution in [0.2, 0.25) is 0 Å². The Hall–Kier alpha value is -2.36. The van der Waals surface area contributed by atoms with Crippen molar-refractivity contribution in [2.45, 2.75) is 58.3 Å². The van der Waals surface area contributed by atoms with Crippen molar-refractivity contribution in [3.63, 3.8) is 0 Å². The average molecular weight is 350 g/mol. The number of carbonyl (C=O) groups excluding carboxylic acids is 1. The van der Waals surface area contributed by atoms with Gasteiger partial charge in [0, 0.05) is 16.3 Å². The van der Waals surface area contributed by atoms with Gasteiger partial charge in [0.2, 0.25) is 0 Å². The van der Waals surface area contributed by atoms with Gasteiger partial charge in [-0.15, -0.1) is 0 Å². The summed E-state index contributed by atoms with van der Waals surface area (Å²) in [6.07, 6.45) is 9.68. The molecular formula is C22H26N2O2. The fraction of sp³-hybridized carbons (Fsp3) is 0.455. The van der Waals surface area contributed by atoms with Gasteiger partial charge in [-0.3, -0.25) is 0 Å². The highest BCUT2D eigenvalue weighted by Gasteiger charge is 2.19. The summed E-state index contributed by atoms with van der Waals surface area (Å²) in [4.78, 5) is 20.0. The molecule has 0 bridgehead atoms. The molecule has 1 aromatic carbocycles. The fourth-order valence-corrected chi connectivity index (χ4v) is 4.35. The number of aromatic amines is 1. The summed E-state index contributed by atoms with van der Waals surface area (Å²) in [7, 11) is 0. The molecule has 0 atom stereocenters. The van der Waals surface area contributed by atoms with Crippen molar-refractivity contribution in [3.8, 4) is 0 Å². The molecule has 1 fully saturated rings. The Morgan fingerprint density at radius 3 is 2.69 bits per heavy atom. The van der Waals surface area contributed by atoms with Crippen molar-refractivity contribution in [1.29, 1.82) is 0 Å². The lowest BCUT2D eigenvalue weighted by Gasteiger charge is -2.14. The summed E-state index contributed by atoms with van der Waals surface area (Å²) in [5.41, 5.74) is 4.81. The number of pyridine rings is 1. The van der Waals surface area contributed by atoms with Gasteiger partial charge in [0.25, 0.3) is 0 Å². The van der Waals surface area contributed by atoms with Crippen LogP contribution in [0.3, 0.4) is 0 Å². The first-order valence-electron chi connectivity index (χ1n) is 9.77. The highest BCUT2D eigenvalue weighted by atomic mass is 16.5. The Morgan fingerprint density at radius 2 is 1.96 bits per heavy atom. The third-order valence-corrected chi connectivity index (χ3v) is 5.70. The molecule has 0 spiro atoms. The summed E-state index contributed by atoms with van der Waals surface area (Å²) < 4.78 is 5.17. The van der Waals surface area contributed by atoms with Gasteiger partial charge in [0.15, 0.2) is 5.69 Å². The molecular weight excluding hydrogens is 324 g/mol. The van der Waals surface area contributed by atoms with Crippen LogP contribution in [-0.4, -0.2) is 22.5 Å². The van der Waals surface area contributed by atoms with Crippen molar-refractivity contribution >= 4 is 27.8 Å². The topological polar surface area (TPSA) is 55.0 Å². The predicted molar refractivity (Wildman–Crippen MR) is 105 cm³/mol. The number of ether oxygens (including phenoxy) is 1. The van der Waals surface area contributed by atoms with E-state index in [-0.39, 0.29) is 5.97 Å². The van der Waals surface area contributed by atoms with Crippen LogP contribution >= 0.6 is 0 Å². The van der Waals surface area contributed by atoms with Crippen LogP contribution in [0.25, 0.3) is 21.8 Å². The van der Waals surface area contributed by atoms with E-state index in [0.717, 1.165) is 22.0 Å². The summed E-state index contributed by atoms with van der Waals surface area (Å²) in [5, 5.41) is 2.28. The molecule has 1 saturated carbocycles. The number of rotatable bonds is 3. The molecule has 0 radical (unpaired) electrons. The molecule has 0 saturated heterocycles. The van der Waals surface area contributed by atoms with Gasteiger partial charge in [-0.25, -0.2) is 9.78 Å². The fourth-order valence-electron chi connectivity index (χ4n) is 4.35. The van der Waals surface area contributed by atoms with E-state index in [2.05, 4.69) is 28.2 Å². The van der Waals surface area contributed by atoms with Crippen LogP contribution in [0, 0.1) is 6.92 Å². The first kappa shape index (κ1) is 17.1. The van der Waals surface area contributed by atoms with Crippen LogP contribution < -0.4 is 0 Å². The van der Waals surface area contributed by atoms with Gasteiger partial charge in [-0.2, -0.15) is 0 Å². The number of H-pyrrole nitrogens is 1. The number of fused-ring (bicyclic) bond motifs is 3. The molecule has 2 aromatic heterocycles. The molecule has 4 rings (SSSR count). The van der Waals surface area contributed by atoms with Crippen molar-refractivity contribution in [3.05, 3.63) is 41.2 Å². The largest absolute Gasteiger partial charge is 0.461 e. The second kappa shape index (κ2) is 7.10. The maximum Gasteiger partial charge on any atom is 0.357 e.